The topological polar surface area (TPSA) is 9.23 Å². The van der Waals surface area contributed by atoms with Gasteiger partial charge in [0.05, 0.1) is 0 Å². The van der Waals surface area contributed by atoms with Crippen LogP contribution in [0.3, 0.4) is 0 Å². The third kappa shape index (κ3) is 2.59. The SMILES string of the molecule is Cc1ccccc1COc1c[c]ccc1. The van der Waals surface area contributed by atoms with Crippen molar-refractivity contribution in [3.05, 3.63) is 65.7 Å². The van der Waals surface area contributed by atoms with Crippen LogP contribution in [0.25, 0.3) is 0 Å². The predicted molar refractivity (Wildman–Crippen MR) is 60.8 cm³/mol. The Hall–Kier alpha value is -1.76. The van der Waals surface area contributed by atoms with Gasteiger partial charge in [-0.2, -0.15) is 0 Å². The molecule has 2 aromatic carbocycles. The lowest BCUT2D eigenvalue weighted by atomic mass is 10.1. The van der Waals surface area contributed by atoms with Gasteiger partial charge in [0.15, 0.2) is 0 Å². The Labute approximate surface area is 90.3 Å². The molecule has 0 aliphatic heterocycles. The molecular weight excluding hydrogens is 184 g/mol. The molecule has 0 aliphatic rings. The van der Waals surface area contributed by atoms with Crippen LogP contribution in [0.5, 0.6) is 5.75 Å². The summed E-state index contributed by atoms with van der Waals surface area (Å²) >= 11 is 0. The van der Waals surface area contributed by atoms with Crippen LogP contribution in [0.4, 0.5) is 0 Å². The van der Waals surface area contributed by atoms with Gasteiger partial charge in [-0.15, -0.1) is 0 Å². The molecule has 0 bridgehead atoms. The lowest BCUT2D eigenvalue weighted by Crippen LogP contribution is -1.97. The highest BCUT2D eigenvalue weighted by Gasteiger charge is 1.97. The highest BCUT2D eigenvalue weighted by Crippen LogP contribution is 2.13. The average molecular weight is 197 g/mol. The molecule has 0 heterocycles. The summed E-state index contributed by atoms with van der Waals surface area (Å²) in [5.41, 5.74) is 2.48. The Morgan fingerprint density at radius 2 is 2.00 bits per heavy atom. The molecule has 0 spiro atoms. The van der Waals surface area contributed by atoms with Crippen LogP contribution < -0.4 is 4.74 Å². The molecule has 0 aromatic heterocycles. The zero-order valence-corrected chi connectivity index (χ0v) is 8.73. The summed E-state index contributed by atoms with van der Waals surface area (Å²) < 4.78 is 5.64. The Morgan fingerprint density at radius 1 is 1.13 bits per heavy atom. The first-order valence-corrected chi connectivity index (χ1v) is 5.00. The van der Waals surface area contributed by atoms with Gasteiger partial charge in [-0.25, -0.2) is 0 Å². The third-order valence-corrected chi connectivity index (χ3v) is 2.33. The standard InChI is InChI=1S/C14H13O/c1-12-7-5-6-8-13(12)11-15-14-9-3-2-4-10-14/h2-3,5-10H,11H2,1H3. The summed E-state index contributed by atoms with van der Waals surface area (Å²) in [5, 5.41) is 0. The number of benzene rings is 2. The van der Waals surface area contributed by atoms with Crippen LogP contribution in [0.1, 0.15) is 11.1 Å². The maximum atomic E-state index is 5.64. The quantitative estimate of drug-likeness (QED) is 0.733. The van der Waals surface area contributed by atoms with E-state index in [-0.39, 0.29) is 0 Å². The van der Waals surface area contributed by atoms with Crippen molar-refractivity contribution in [2.75, 3.05) is 0 Å². The third-order valence-electron chi connectivity index (χ3n) is 2.33. The van der Waals surface area contributed by atoms with E-state index in [1.165, 1.54) is 11.1 Å². The molecule has 1 nitrogen and oxygen atoms in total. The number of hydrogen-bond donors (Lipinski definition) is 0. The monoisotopic (exact) mass is 197 g/mol. The van der Waals surface area contributed by atoms with Crippen LogP contribution in [-0.4, -0.2) is 0 Å². The molecule has 0 atom stereocenters. The number of ether oxygens (including phenoxy) is 1. The van der Waals surface area contributed by atoms with Crippen molar-refractivity contribution >= 4 is 0 Å². The van der Waals surface area contributed by atoms with Gasteiger partial charge in [0.2, 0.25) is 0 Å². The van der Waals surface area contributed by atoms with Gasteiger partial charge in [0, 0.05) is 0 Å². The maximum absolute atomic E-state index is 5.64. The smallest absolute Gasteiger partial charge is 0.120 e. The van der Waals surface area contributed by atoms with Crippen molar-refractivity contribution in [1.82, 2.24) is 0 Å². The minimum absolute atomic E-state index is 0.616. The molecule has 75 valence electrons. The fourth-order valence-electron chi connectivity index (χ4n) is 1.40. The van der Waals surface area contributed by atoms with Gasteiger partial charge in [-0.3, -0.25) is 0 Å². The zero-order chi connectivity index (χ0) is 10.5. The van der Waals surface area contributed by atoms with E-state index >= 15 is 0 Å². The van der Waals surface area contributed by atoms with Gasteiger partial charge >= 0.3 is 0 Å². The van der Waals surface area contributed by atoms with Crippen molar-refractivity contribution in [3.63, 3.8) is 0 Å². The minimum Gasteiger partial charge on any atom is -0.489 e. The first-order chi connectivity index (χ1) is 7.36. The van der Waals surface area contributed by atoms with Crippen LogP contribution >= 0.6 is 0 Å². The van der Waals surface area contributed by atoms with Crippen molar-refractivity contribution in [3.8, 4) is 5.75 Å². The van der Waals surface area contributed by atoms with Gasteiger partial charge in [0.25, 0.3) is 0 Å². The Morgan fingerprint density at radius 3 is 2.73 bits per heavy atom. The fourth-order valence-corrected chi connectivity index (χ4v) is 1.40. The van der Waals surface area contributed by atoms with Crippen molar-refractivity contribution in [1.29, 1.82) is 0 Å². The van der Waals surface area contributed by atoms with E-state index in [4.69, 9.17) is 4.74 Å². The highest BCUT2D eigenvalue weighted by atomic mass is 16.5. The van der Waals surface area contributed by atoms with Crippen molar-refractivity contribution in [2.45, 2.75) is 13.5 Å². The fraction of sp³-hybridized carbons (Fsp3) is 0.143. The van der Waals surface area contributed by atoms with E-state index < -0.39 is 0 Å². The van der Waals surface area contributed by atoms with Crippen LogP contribution in [-0.2, 0) is 6.61 Å². The van der Waals surface area contributed by atoms with Crippen molar-refractivity contribution < 1.29 is 4.74 Å². The van der Waals surface area contributed by atoms with E-state index in [1.54, 1.807) is 0 Å². The second-order valence-corrected chi connectivity index (χ2v) is 3.45. The van der Waals surface area contributed by atoms with Crippen molar-refractivity contribution in [2.24, 2.45) is 0 Å². The number of aryl methyl sites for hydroxylation is 1. The van der Waals surface area contributed by atoms with E-state index in [0.29, 0.717) is 6.61 Å². The van der Waals surface area contributed by atoms with Gasteiger partial charge in [-0.05, 0) is 36.2 Å². The Balaban J connectivity index is 2.03. The zero-order valence-electron chi connectivity index (χ0n) is 8.73. The molecule has 0 aliphatic carbocycles. The van der Waals surface area contributed by atoms with Gasteiger partial charge < -0.3 is 4.74 Å². The first-order valence-electron chi connectivity index (χ1n) is 5.00. The van der Waals surface area contributed by atoms with E-state index in [9.17, 15) is 0 Å². The molecular formula is C14H13O. The van der Waals surface area contributed by atoms with Crippen LogP contribution in [0, 0.1) is 13.0 Å². The summed E-state index contributed by atoms with van der Waals surface area (Å²) in [6.07, 6.45) is 0. The second kappa shape index (κ2) is 4.65. The summed E-state index contributed by atoms with van der Waals surface area (Å²) in [7, 11) is 0. The summed E-state index contributed by atoms with van der Waals surface area (Å²) in [6.45, 7) is 2.71. The Kier molecular flexibility index (Phi) is 3.03. The highest BCUT2D eigenvalue weighted by molar-refractivity contribution is 5.26. The summed E-state index contributed by atoms with van der Waals surface area (Å²) in [4.78, 5) is 0. The first kappa shape index (κ1) is 9.78. The van der Waals surface area contributed by atoms with Gasteiger partial charge in [-0.1, -0.05) is 36.4 Å². The molecule has 0 N–H and O–H groups in total. The molecule has 1 radical (unpaired) electrons. The van der Waals surface area contributed by atoms with E-state index in [1.807, 2.05) is 36.4 Å². The average Bonchev–Trinajstić information content (AvgIpc) is 2.29. The predicted octanol–water partition coefficient (Wildman–Crippen LogP) is 3.37. The largest absolute Gasteiger partial charge is 0.489 e. The van der Waals surface area contributed by atoms with E-state index in [0.717, 1.165) is 5.75 Å². The molecule has 0 saturated carbocycles. The summed E-state index contributed by atoms with van der Waals surface area (Å²) in [5.74, 6) is 0.862. The molecule has 2 rings (SSSR count). The molecule has 1 heteroatoms. The minimum atomic E-state index is 0.616. The van der Waals surface area contributed by atoms with E-state index in [2.05, 4.69) is 25.1 Å². The maximum Gasteiger partial charge on any atom is 0.120 e. The molecule has 15 heavy (non-hydrogen) atoms. The normalized spacial score (nSPS) is 9.93. The number of hydrogen-bond acceptors (Lipinski definition) is 1. The lowest BCUT2D eigenvalue weighted by molar-refractivity contribution is 0.305. The molecule has 0 unspecified atom stereocenters. The van der Waals surface area contributed by atoms with Gasteiger partial charge in [0.1, 0.15) is 12.4 Å². The number of rotatable bonds is 3. The summed E-state index contributed by atoms with van der Waals surface area (Å²) in [6, 6.07) is 18.8. The van der Waals surface area contributed by atoms with Crippen LogP contribution in [0.2, 0.25) is 0 Å². The molecule has 0 amide bonds. The molecule has 2 aromatic rings. The van der Waals surface area contributed by atoms with Crippen LogP contribution in [0.15, 0.2) is 48.5 Å². The molecule has 0 saturated heterocycles. The second-order valence-electron chi connectivity index (χ2n) is 3.45. The lowest BCUT2D eigenvalue weighted by Gasteiger charge is -2.07. The molecule has 0 fully saturated rings. The Bertz CT molecular complexity index is 420.